The van der Waals surface area contributed by atoms with Crippen molar-refractivity contribution in [3.05, 3.63) is 54.1 Å². The minimum atomic E-state index is -0.127. The summed E-state index contributed by atoms with van der Waals surface area (Å²) >= 11 is 0. The van der Waals surface area contributed by atoms with E-state index in [0.29, 0.717) is 5.75 Å². The largest absolute Gasteiger partial charge is 0.426 e. The lowest BCUT2D eigenvalue weighted by molar-refractivity contribution is -0.134. The lowest BCUT2D eigenvalue weighted by atomic mass is 9.95. The zero-order valence-corrected chi connectivity index (χ0v) is 10.2. The first kappa shape index (κ1) is 11.0. The number of carbonyl (C=O) groups is 1. The normalized spacial score (nSPS) is 17.4. The molecule has 0 aromatic heterocycles. The van der Waals surface area contributed by atoms with Crippen LogP contribution < -0.4 is 4.74 Å². The Bertz CT molecular complexity index is 587. The Morgan fingerprint density at radius 3 is 2.56 bits per heavy atom. The molecule has 0 unspecified atom stereocenters. The number of benzene rings is 2. The summed E-state index contributed by atoms with van der Waals surface area (Å²) in [5, 5.41) is 0. The van der Waals surface area contributed by atoms with E-state index < -0.39 is 0 Å². The highest BCUT2D eigenvalue weighted by molar-refractivity contribution is 5.87. The first-order valence-electron chi connectivity index (χ1n) is 6.20. The van der Waals surface area contributed by atoms with Crippen LogP contribution in [0.2, 0.25) is 0 Å². The maximum absolute atomic E-state index is 11.7. The predicted octanol–water partition coefficient (Wildman–Crippen LogP) is 3.77. The van der Waals surface area contributed by atoms with Gasteiger partial charge in [0.2, 0.25) is 0 Å². The van der Waals surface area contributed by atoms with Crippen molar-refractivity contribution >= 4 is 5.97 Å². The highest BCUT2D eigenvalue weighted by atomic mass is 16.5. The Hall–Kier alpha value is -2.09. The molecule has 2 aromatic carbocycles. The van der Waals surface area contributed by atoms with Gasteiger partial charge in [0.15, 0.2) is 0 Å². The fourth-order valence-electron chi connectivity index (χ4n) is 2.41. The topological polar surface area (TPSA) is 26.3 Å². The van der Waals surface area contributed by atoms with Gasteiger partial charge in [-0.3, -0.25) is 4.79 Å². The molecule has 18 heavy (non-hydrogen) atoms. The van der Waals surface area contributed by atoms with Crippen molar-refractivity contribution in [2.24, 2.45) is 0 Å². The smallest absolute Gasteiger partial charge is 0.318 e. The molecule has 0 bridgehead atoms. The Morgan fingerprint density at radius 2 is 1.83 bits per heavy atom. The van der Waals surface area contributed by atoms with Gasteiger partial charge in [-0.1, -0.05) is 49.4 Å². The number of rotatable bonds is 2. The molecular weight excluding hydrogens is 224 g/mol. The van der Waals surface area contributed by atoms with Crippen LogP contribution in [0.3, 0.4) is 0 Å². The summed E-state index contributed by atoms with van der Waals surface area (Å²) in [6, 6.07) is 16.1. The van der Waals surface area contributed by atoms with E-state index in [4.69, 9.17) is 4.74 Å². The molecule has 1 heterocycles. The van der Waals surface area contributed by atoms with Crippen LogP contribution in [-0.2, 0) is 4.79 Å². The monoisotopic (exact) mass is 238 g/mol. The third kappa shape index (κ3) is 1.70. The summed E-state index contributed by atoms with van der Waals surface area (Å²) in [6.07, 6.45) is 0.788. The zero-order valence-electron chi connectivity index (χ0n) is 10.2. The fraction of sp³-hybridized carbons (Fsp3) is 0.188. The van der Waals surface area contributed by atoms with Crippen LogP contribution in [0.4, 0.5) is 0 Å². The molecule has 1 atom stereocenters. The average molecular weight is 238 g/mol. The number of ether oxygens (including phenoxy) is 1. The third-order valence-electron chi connectivity index (χ3n) is 3.40. The van der Waals surface area contributed by atoms with Crippen LogP contribution in [0, 0.1) is 0 Å². The number of esters is 1. The van der Waals surface area contributed by atoms with Crippen molar-refractivity contribution in [1.29, 1.82) is 0 Å². The van der Waals surface area contributed by atoms with Crippen LogP contribution in [-0.4, -0.2) is 5.97 Å². The Kier molecular flexibility index (Phi) is 2.63. The van der Waals surface area contributed by atoms with Gasteiger partial charge in [-0.05, 0) is 23.6 Å². The van der Waals surface area contributed by atoms with E-state index in [0.717, 1.165) is 23.1 Å². The predicted molar refractivity (Wildman–Crippen MR) is 70.5 cm³/mol. The van der Waals surface area contributed by atoms with Crippen molar-refractivity contribution < 1.29 is 9.53 Å². The summed E-state index contributed by atoms with van der Waals surface area (Å²) in [5.41, 5.74) is 3.23. The molecule has 2 heteroatoms. The van der Waals surface area contributed by atoms with Gasteiger partial charge in [0.05, 0.1) is 5.92 Å². The van der Waals surface area contributed by atoms with Crippen LogP contribution in [0.1, 0.15) is 24.8 Å². The molecule has 0 saturated heterocycles. The van der Waals surface area contributed by atoms with Gasteiger partial charge in [-0.25, -0.2) is 0 Å². The molecule has 0 N–H and O–H groups in total. The third-order valence-corrected chi connectivity index (χ3v) is 3.40. The number of carbonyl (C=O) groups excluding carboxylic acids is 1. The Balaban J connectivity index is 2.04. The van der Waals surface area contributed by atoms with Crippen LogP contribution >= 0.6 is 0 Å². The number of fused-ring (bicyclic) bond motifs is 1. The van der Waals surface area contributed by atoms with Gasteiger partial charge < -0.3 is 4.74 Å². The highest BCUT2D eigenvalue weighted by Crippen LogP contribution is 2.39. The summed E-state index contributed by atoms with van der Waals surface area (Å²) < 4.78 is 5.33. The highest BCUT2D eigenvalue weighted by Gasteiger charge is 2.31. The van der Waals surface area contributed by atoms with Crippen LogP contribution in [0.25, 0.3) is 11.1 Å². The lowest BCUT2D eigenvalue weighted by Crippen LogP contribution is -2.08. The van der Waals surface area contributed by atoms with Gasteiger partial charge >= 0.3 is 5.97 Å². The Labute approximate surface area is 106 Å². The van der Waals surface area contributed by atoms with Gasteiger partial charge in [0.25, 0.3) is 0 Å². The second-order valence-corrected chi connectivity index (χ2v) is 4.50. The second-order valence-electron chi connectivity index (χ2n) is 4.50. The molecule has 1 aliphatic heterocycles. The summed E-state index contributed by atoms with van der Waals surface area (Å²) in [7, 11) is 0. The Morgan fingerprint density at radius 1 is 1.06 bits per heavy atom. The van der Waals surface area contributed by atoms with E-state index in [1.165, 1.54) is 0 Å². The standard InChI is InChI=1S/C16H14O2/c1-2-13-14-9-8-12(10-15(14)18-16(13)17)11-6-4-3-5-7-11/h3-10,13H,2H2,1H3/t13-/m1/s1. The van der Waals surface area contributed by atoms with Gasteiger partial charge in [0, 0.05) is 5.56 Å². The second kappa shape index (κ2) is 4.30. The molecule has 3 rings (SSSR count). The van der Waals surface area contributed by atoms with E-state index in [9.17, 15) is 4.79 Å². The fourth-order valence-corrected chi connectivity index (χ4v) is 2.41. The number of hydrogen-bond acceptors (Lipinski definition) is 2. The maximum Gasteiger partial charge on any atom is 0.318 e. The molecule has 0 amide bonds. The lowest BCUT2D eigenvalue weighted by Gasteiger charge is -2.05. The first-order chi connectivity index (χ1) is 8.79. The van der Waals surface area contributed by atoms with Crippen molar-refractivity contribution in [2.45, 2.75) is 19.3 Å². The average Bonchev–Trinajstić information content (AvgIpc) is 2.74. The van der Waals surface area contributed by atoms with Crippen molar-refractivity contribution in [3.8, 4) is 16.9 Å². The molecule has 0 aliphatic carbocycles. The minimum Gasteiger partial charge on any atom is -0.426 e. The first-order valence-corrected chi connectivity index (χ1v) is 6.20. The van der Waals surface area contributed by atoms with E-state index in [2.05, 4.69) is 18.2 Å². The maximum atomic E-state index is 11.7. The SMILES string of the molecule is CC[C@H]1C(=O)Oc2cc(-c3ccccc3)ccc21. The molecule has 0 radical (unpaired) electrons. The molecule has 0 saturated carbocycles. The molecular formula is C16H14O2. The molecule has 90 valence electrons. The van der Waals surface area contributed by atoms with Crippen LogP contribution in [0.15, 0.2) is 48.5 Å². The van der Waals surface area contributed by atoms with Gasteiger partial charge in [-0.15, -0.1) is 0 Å². The summed E-state index contributed by atoms with van der Waals surface area (Å²) in [4.78, 5) is 11.7. The molecule has 2 aromatic rings. The molecule has 1 aliphatic rings. The minimum absolute atomic E-state index is 0.0928. The molecule has 2 nitrogen and oxygen atoms in total. The van der Waals surface area contributed by atoms with Gasteiger partial charge in [0.1, 0.15) is 5.75 Å². The molecule has 0 spiro atoms. The van der Waals surface area contributed by atoms with E-state index in [1.54, 1.807) is 0 Å². The summed E-state index contributed by atoms with van der Waals surface area (Å²) in [5.74, 6) is 0.496. The van der Waals surface area contributed by atoms with Gasteiger partial charge in [-0.2, -0.15) is 0 Å². The van der Waals surface area contributed by atoms with E-state index in [-0.39, 0.29) is 11.9 Å². The van der Waals surface area contributed by atoms with Crippen molar-refractivity contribution in [2.75, 3.05) is 0 Å². The summed E-state index contributed by atoms with van der Waals surface area (Å²) in [6.45, 7) is 2.01. The number of hydrogen-bond donors (Lipinski definition) is 0. The molecule has 0 fully saturated rings. The van der Waals surface area contributed by atoms with E-state index >= 15 is 0 Å². The van der Waals surface area contributed by atoms with E-state index in [1.807, 2.05) is 37.3 Å². The van der Waals surface area contributed by atoms with Crippen molar-refractivity contribution in [1.82, 2.24) is 0 Å². The van der Waals surface area contributed by atoms with Crippen LogP contribution in [0.5, 0.6) is 5.75 Å². The zero-order chi connectivity index (χ0) is 12.5. The quantitative estimate of drug-likeness (QED) is 0.588. The van der Waals surface area contributed by atoms with Crippen molar-refractivity contribution in [3.63, 3.8) is 0 Å².